The summed E-state index contributed by atoms with van der Waals surface area (Å²) in [7, 11) is -2.01. The molecule has 4 nitrogen and oxygen atoms in total. The normalized spacial score (nSPS) is 11.7. The smallest absolute Gasteiger partial charge is 0.197 e. The van der Waals surface area contributed by atoms with Gasteiger partial charge in [-0.1, -0.05) is 48.5 Å². The van der Waals surface area contributed by atoms with Crippen molar-refractivity contribution in [3.63, 3.8) is 0 Å². The van der Waals surface area contributed by atoms with Crippen LogP contribution in [0.25, 0.3) is 0 Å². The van der Waals surface area contributed by atoms with E-state index in [4.69, 9.17) is 11.6 Å². The van der Waals surface area contributed by atoms with E-state index < -0.39 is 10.2 Å². The molecule has 0 aliphatic rings. The standard InChI is InChI=1S/C11H15ClN2O2S/c1-10(12)8-13-17(15,16)14(2)9-11-6-4-3-5-7-11/h3-7,13H,1,8-9H2,2H3. The van der Waals surface area contributed by atoms with E-state index >= 15 is 0 Å². The van der Waals surface area contributed by atoms with Crippen LogP contribution in [-0.4, -0.2) is 26.3 Å². The Morgan fingerprint density at radius 2 is 2.00 bits per heavy atom. The van der Waals surface area contributed by atoms with E-state index in [1.165, 1.54) is 11.4 Å². The highest BCUT2D eigenvalue weighted by Crippen LogP contribution is 2.06. The van der Waals surface area contributed by atoms with Crippen LogP contribution in [0.3, 0.4) is 0 Å². The van der Waals surface area contributed by atoms with Crippen LogP contribution in [0.1, 0.15) is 5.56 Å². The summed E-state index contributed by atoms with van der Waals surface area (Å²) in [5, 5.41) is 0.252. The van der Waals surface area contributed by atoms with Gasteiger partial charge < -0.3 is 0 Å². The molecule has 0 amide bonds. The van der Waals surface area contributed by atoms with Crippen LogP contribution in [0.5, 0.6) is 0 Å². The molecular formula is C11H15ClN2O2S. The van der Waals surface area contributed by atoms with Crippen LogP contribution in [-0.2, 0) is 16.8 Å². The highest BCUT2D eigenvalue weighted by Gasteiger charge is 2.16. The Morgan fingerprint density at radius 1 is 1.41 bits per heavy atom. The molecule has 1 N–H and O–H groups in total. The molecule has 1 rings (SSSR count). The molecule has 0 aliphatic heterocycles. The Kier molecular flexibility index (Phi) is 5.14. The van der Waals surface area contributed by atoms with E-state index in [9.17, 15) is 8.42 Å². The maximum Gasteiger partial charge on any atom is 0.279 e. The quantitative estimate of drug-likeness (QED) is 0.858. The van der Waals surface area contributed by atoms with Crippen molar-refractivity contribution in [3.8, 4) is 0 Å². The lowest BCUT2D eigenvalue weighted by Gasteiger charge is -2.17. The topological polar surface area (TPSA) is 49.4 Å². The molecule has 0 bridgehead atoms. The van der Waals surface area contributed by atoms with Gasteiger partial charge in [0, 0.05) is 25.2 Å². The van der Waals surface area contributed by atoms with E-state index in [2.05, 4.69) is 11.3 Å². The van der Waals surface area contributed by atoms with E-state index in [0.29, 0.717) is 6.54 Å². The number of benzene rings is 1. The highest BCUT2D eigenvalue weighted by molar-refractivity contribution is 7.87. The molecular weight excluding hydrogens is 260 g/mol. The van der Waals surface area contributed by atoms with Crippen molar-refractivity contribution in [2.45, 2.75) is 6.54 Å². The van der Waals surface area contributed by atoms with Crippen LogP contribution in [0, 0.1) is 0 Å². The third-order valence-electron chi connectivity index (χ3n) is 2.10. The monoisotopic (exact) mass is 274 g/mol. The van der Waals surface area contributed by atoms with E-state index in [1.54, 1.807) is 0 Å². The first kappa shape index (κ1) is 14.2. The molecule has 0 saturated heterocycles. The number of rotatable bonds is 6. The zero-order valence-corrected chi connectivity index (χ0v) is 11.1. The summed E-state index contributed by atoms with van der Waals surface area (Å²) in [6.07, 6.45) is 0. The summed E-state index contributed by atoms with van der Waals surface area (Å²) in [4.78, 5) is 0. The molecule has 1 aromatic carbocycles. The van der Waals surface area contributed by atoms with Crippen molar-refractivity contribution in [1.29, 1.82) is 0 Å². The minimum Gasteiger partial charge on any atom is -0.197 e. The van der Waals surface area contributed by atoms with E-state index in [1.807, 2.05) is 30.3 Å². The lowest BCUT2D eigenvalue weighted by atomic mass is 10.2. The van der Waals surface area contributed by atoms with Gasteiger partial charge in [0.25, 0.3) is 10.2 Å². The molecule has 6 heteroatoms. The van der Waals surface area contributed by atoms with Gasteiger partial charge in [0.1, 0.15) is 0 Å². The molecule has 0 aliphatic carbocycles. The predicted molar refractivity (Wildman–Crippen MR) is 69.8 cm³/mol. The summed E-state index contributed by atoms with van der Waals surface area (Å²) in [6, 6.07) is 9.35. The molecule has 0 unspecified atom stereocenters. The van der Waals surface area contributed by atoms with Crippen molar-refractivity contribution in [1.82, 2.24) is 9.03 Å². The molecule has 0 fully saturated rings. The molecule has 17 heavy (non-hydrogen) atoms. The maximum atomic E-state index is 11.8. The molecule has 0 spiro atoms. The average Bonchev–Trinajstić information content (AvgIpc) is 2.28. The third kappa shape index (κ3) is 4.87. The molecule has 0 saturated carbocycles. The second-order valence-corrected chi connectivity index (χ2v) is 5.98. The van der Waals surface area contributed by atoms with Crippen molar-refractivity contribution in [2.75, 3.05) is 13.6 Å². The van der Waals surface area contributed by atoms with Crippen LogP contribution < -0.4 is 4.72 Å². The van der Waals surface area contributed by atoms with Gasteiger partial charge in [-0.2, -0.15) is 17.4 Å². The summed E-state index contributed by atoms with van der Waals surface area (Å²) in [5.74, 6) is 0. The average molecular weight is 275 g/mol. The summed E-state index contributed by atoms with van der Waals surface area (Å²) < 4.78 is 27.1. The predicted octanol–water partition coefficient (Wildman–Crippen LogP) is 1.71. The van der Waals surface area contributed by atoms with Gasteiger partial charge in [0.2, 0.25) is 0 Å². The van der Waals surface area contributed by atoms with Crippen LogP contribution >= 0.6 is 11.6 Å². The third-order valence-corrected chi connectivity index (χ3v) is 3.70. The lowest BCUT2D eigenvalue weighted by Crippen LogP contribution is -2.38. The number of hydrogen-bond acceptors (Lipinski definition) is 2. The molecule has 1 aromatic rings. The minimum atomic E-state index is -3.52. The van der Waals surface area contributed by atoms with Gasteiger partial charge in [0.05, 0.1) is 0 Å². The van der Waals surface area contributed by atoms with E-state index in [0.717, 1.165) is 5.56 Å². The summed E-state index contributed by atoms with van der Waals surface area (Å²) in [5.41, 5.74) is 0.921. The van der Waals surface area contributed by atoms with Gasteiger partial charge in [0.15, 0.2) is 0 Å². The van der Waals surface area contributed by atoms with Crippen molar-refractivity contribution in [2.24, 2.45) is 0 Å². The summed E-state index contributed by atoms with van der Waals surface area (Å²) >= 11 is 5.51. The lowest BCUT2D eigenvalue weighted by molar-refractivity contribution is 0.457. The molecule has 94 valence electrons. The number of hydrogen-bond donors (Lipinski definition) is 1. The number of nitrogens with zero attached hydrogens (tertiary/aromatic N) is 1. The van der Waals surface area contributed by atoms with Crippen LogP contribution in [0.15, 0.2) is 41.9 Å². The molecule has 0 heterocycles. The number of halogens is 1. The molecule has 0 aromatic heterocycles. The van der Waals surface area contributed by atoms with Gasteiger partial charge in [-0.05, 0) is 5.56 Å². The van der Waals surface area contributed by atoms with Gasteiger partial charge in [-0.3, -0.25) is 0 Å². The highest BCUT2D eigenvalue weighted by atomic mass is 35.5. The zero-order chi connectivity index (χ0) is 12.9. The zero-order valence-electron chi connectivity index (χ0n) is 9.56. The van der Waals surface area contributed by atoms with E-state index in [-0.39, 0.29) is 11.6 Å². The van der Waals surface area contributed by atoms with Crippen molar-refractivity contribution in [3.05, 3.63) is 47.5 Å². The first-order valence-corrected chi connectivity index (χ1v) is 6.82. The fraction of sp³-hybridized carbons (Fsp3) is 0.273. The van der Waals surface area contributed by atoms with Crippen molar-refractivity contribution >= 4 is 21.8 Å². The fourth-order valence-electron chi connectivity index (χ4n) is 1.21. The van der Waals surface area contributed by atoms with Crippen LogP contribution in [0.2, 0.25) is 0 Å². The Morgan fingerprint density at radius 3 is 2.53 bits per heavy atom. The second-order valence-electron chi connectivity index (χ2n) is 3.59. The molecule has 0 radical (unpaired) electrons. The second kappa shape index (κ2) is 6.16. The van der Waals surface area contributed by atoms with Crippen molar-refractivity contribution < 1.29 is 8.42 Å². The largest absolute Gasteiger partial charge is 0.279 e. The molecule has 0 atom stereocenters. The minimum absolute atomic E-state index is 0.0308. The van der Waals surface area contributed by atoms with Crippen LogP contribution in [0.4, 0.5) is 0 Å². The number of nitrogens with one attached hydrogen (secondary N) is 1. The van der Waals surface area contributed by atoms with Gasteiger partial charge in [-0.15, -0.1) is 0 Å². The first-order valence-electron chi connectivity index (χ1n) is 5.00. The maximum absolute atomic E-state index is 11.8. The Bertz CT molecular complexity index is 474. The first-order chi connectivity index (χ1) is 7.92. The van der Waals surface area contributed by atoms with Gasteiger partial charge in [-0.25, -0.2) is 0 Å². The SMILES string of the molecule is C=C(Cl)CNS(=O)(=O)N(C)Cc1ccccc1. The summed E-state index contributed by atoms with van der Waals surface area (Å²) in [6.45, 7) is 3.76. The Labute approximate surface area is 107 Å². The van der Waals surface area contributed by atoms with Gasteiger partial charge >= 0.3 is 0 Å². The fourth-order valence-corrected chi connectivity index (χ4v) is 2.25. The Hall–Kier alpha value is -0.880. The Balaban J connectivity index is 2.63.